The number of hydrogen-bond donors (Lipinski definition) is 1. The molecule has 3 unspecified atom stereocenters. The van der Waals surface area contributed by atoms with Crippen molar-refractivity contribution in [2.75, 3.05) is 17.2 Å². The summed E-state index contributed by atoms with van der Waals surface area (Å²) >= 11 is 0. The van der Waals surface area contributed by atoms with Crippen LogP contribution in [0.25, 0.3) is 0 Å². The van der Waals surface area contributed by atoms with Crippen molar-refractivity contribution < 1.29 is 0 Å². The normalized spacial score (nSPS) is 21.1. The zero-order valence-corrected chi connectivity index (χ0v) is 20.3. The lowest BCUT2D eigenvalue weighted by Crippen LogP contribution is -2.52. The van der Waals surface area contributed by atoms with Gasteiger partial charge < -0.3 is 10.6 Å². The van der Waals surface area contributed by atoms with E-state index in [4.69, 9.17) is 15.7 Å². The zero-order chi connectivity index (χ0) is 23.0. The van der Waals surface area contributed by atoms with Crippen molar-refractivity contribution in [3.05, 3.63) is 45.9 Å². The number of nitrogen functional groups attached to an aromatic ring is 1. The zero-order valence-electron chi connectivity index (χ0n) is 20.3. The summed E-state index contributed by atoms with van der Waals surface area (Å²) in [4.78, 5) is 12.5. The van der Waals surface area contributed by atoms with Gasteiger partial charge in [-0.1, -0.05) is 40.7 Å². The summed E-state index contributed by atoms with van der Waals surface area (Å²) in [6, 6.07) is 7.06. The van der Waals surface area contributed by atoms with Crippen molar-refractivity contribution in [1.29, 1.82) is 5.26 Å². The Morgan fingerprint density at radius 3 is 2.56 bits per heavy atom. The smallest absolute Gasteiger partial charge is 0.136 e. The fourth-order valence-electron chi connectivity index (χ4n) is 5.52. The van der Waals surface area contributed by atoms with Crippen LogP contribution in [-0.4, -0.2) is 22.6 Å². The van der Waals surface area contributed by atoms with Gasteiger partial charge in [0, 0.05) is 30.3 Å². The third-order valence-corrected chi connectivity index (χ3v) is 7.70. The van der Waals surface area contributed by atoms with Gasteiger partial charge in [0.05, 0.1) is 11.3 Å². The molecule has 1 fully saturated rings. The molecule has 170 valence electrons. The maximum atomic E-state index is 9.96. The van der Waals surface area contributed by atoms with Crippen LogP contribution in [0.3, 0.4) is 0 Å². The summed E-state index contributed by atoms with van der Waals surface area (Å²) in [5.74, 6) is 3.41. The van der Waals surface area contributed by atoms with Crippen LogP contribution in [0.5, 0.6) is 0 Å². The highest BCUT2D eigenvalue weighted by Crippen LogP contribution is 2.43. The Labute approximate surface area is 193 Å². The number of benzene rings is 1. The van der Waals surface area contributed by atoms with Gasteiger partial charge in [-0.05, 0) is 67.1 Å². The van der Waals surface area contributed by atoms with Crippen LogP contribution < -0.4 is 10.6 Å². The minimum Gasteiger partial charge on any atom is -0.398 e. The topological polar surface area (TPSA) is 78.8 Å². The minimum absolute atomic E-state index is 0.273. The molecule has 5 heteroatoms. The molecule has 1 aliphatic heterocycles. The molecular formula is C27H37N5. The molecular weight excluding hydrogens is 394 g/mol. The highest BCUT2D eigenvalue weighted by Gasteiger charge is 2.36. The van der Waals surface area contributed by atoms with Crippen molar-refractivity contribution in [2.45, 2.75) is 91.0 Å². The summed E-state index contributed by atoms with van der Waals surface area (Å²) in [6.45, 7) is 12.3. The number of aromatic nitrogens is 2. The molecule has 0 radical (unpaired) electrons. The fourth-order valence-corrected chi connectivity index (χ4v) is 5.52. The van der Waals surface area contributed by atoms with Gasteiger partial charge in [-0.3, -0.25) is 0 Å². The molecule has 3 atom stereocenters. The lowest BCUT2D eigenvalue weighted by Gasteiger charge is -2.46. The highest BCUT2D eigenvalue weighted by atomic mass is 15.3. The first-order valence-corrected chi connectivity index (χ1v) is 12.4. The van der Waals surface area contributed by atoms with Gasteiger partial charge in [-0.15, -0.1) is 0 Å². The molecule has 32 heavy (non-hydrogen) atoms. The Kier molecular flexibility index (Phi) is 6.42. The van der Waals surface area contributed by atoms with Crippen LogP contribution in [0, 0.1) is 17.2 Å². The molecule has 1 aromatic carbocycles. The van der Waals surface area contributed by atoms with Gasteiger partial charge in [0.2, 0.25) is 0 Å². The van der Waals surface area contributed by atoms with Crippen molar-refractivity contribution in [3.8, 4) is 6.07 Å². The molecule has 2 heterocycles. The first-order chi connectivity index (χ1) is 15.4. The number of nitriles is 1. The number of hydrogen-bond acceptors (Lipinski definition) is 5. The molecule has 2 N–H and O–H groups in total. The van der Waals surface area contributed by atoms with E-state index >= 15 is 0 Å². The third kappa shape index (κ3) is 3.85. The molecule has 5 nitrogen and oxygen atoms in total. The van der Waals surface area contributed by atoms with Gasteiger partial charge in [0.25, 0.3) is 0 Å². The predicted molar refractivity (Wildman–Crippen MR) is 131 cm³/mol. The average molecular weight is 432 g/mol. The largest absolute Gasteiger partial charge is 0.398 e. The molecule has 0 amide bonds. The van der Waals surface area contributed by atoms with Crippen molar-refractivity contribution in [3.63, 3.8) is 0 Å². The number of nitrogens with two attached hydrogens (primary N) is 1. The predicted octanol–water partition coefficient (Wildman–Crippen LogP) is 5.51. The second-order valence-electron chi connectivity index (χ2n) is 9.93. The van der Waals surface area contributed by atoms with Gasteiger partial charge in [-0.2, -0.15) is 5.26 Å². The van der Waals surface area contributed by atoms with E-state index in [1.807, 2.05) is 6.07 Å². The highest BCUT2D eigenvalue weighted by molar-refractivity contribution is 5.63. The van der Waals surface area contributed by atoms with Crippen LogP contribution in [0.15, 0.2) is 12.1 Å². The second-order valence-corrected chi connectivity index (χ2v) is 9.93. The Hall–Kier alpha value is -2.61. The van der Waals surface area contributed by atoms with Gasteiger partial charge in [0.1, 0.15) is 17.7 Å². The quantitative estimate of drug-likeness (QED) is 0.610. The summed E-state index contributed by atoms with van der Waals surface area (Å²) in [7, 11) is 0. The number of aryl methyl sites for hydroxylation is 1. The molecule has 4 rings (SSSR count). The van der Waals surface area contributed by atoms with Crippen molar-refractivity contribution in [1.82, 2.24) is 9.97 Å². The average Bonchev–Trinajstić information content (AvgIpc) is 2.76. The molecule has 2 aromatic rings. The summed E-state index contributed by atoms with van der Waals surface area (Å²) < 4.78 is 0. The van der Waals surface area contributed by atoms with Gasteiger partial charge in [0.15, 0.2) is 0 Å². The Morgan fingerprint density at radius 1 is 1.19 bits per heavy atom. The summed E-state index contributed by atoms with van der Waals surface area (Å²) in [5.41, 5.74) is 12.5. The molecule has 1 aliphatic carbocycles. The van der Waals surface area contributed by atoms with E-state index in [1.165, 1.54) is 29.1 Å². The van der Waals surface area contributed by atoms with E-state index in [9.17, 15) is 5.26 Å². The van der Waals surface area contributed by atoms with Crippen molar-refractivity contribution in [2.24, 2.45) is 5.92 Å². The first-order valence-electron chi connectivity index (χ1n) is 12.4. The maximum absolute atomic E-state index is 9.96. The van der Waals surface area contributed by atoms with Crippen LogP contribution in [0.4, 0.5) is 11.5 Å². The Bertz CT molecular complexity index is 1040. The van der Waals surface area contributed by atoms with E-state index in [-0.39, 0.29) is 5.92 Å². The van der Waals surface area contributed by atoms with Crippen molar-refractivity contribution >= 4 is 11.5 Å². The molecule has 0 spiro atoms. The van der Waals surface area contributed by atoms with Crippen LogP contribution in [0.1, 0.15) is 99.5 Å². The molecule has 1 aromatic heterocycles. The molecule has 0 bridgehead atoms. The number of nitrogens with zero attached hydrogens (tertiary/aromatic N) is 4. The van der Waals surface area contributed by atoms with Crippen LogP contribution in [-0.2, 0) is 19.3 Å². The summed E-state index contributed by atoms with van der Waals surface area (Å²) in [5, 5.41) is 9.96. The van der Waals surface area contributed by atoms with E-state index in [2.05, 4.69) is 51.7 Å². The van der Waals surface area contributed by atoms with Crippen LogP contribution in [0.2, 0.25) is 0 Å². The van der Waals surface area contributed by atoms with E-state index < -0.39 is 0 Å². The van der Waals surface area contributed by atoms with Gasteiger partial charge >= 0.3 is 0 Å². The van der Waals surface area contributed by atoms with E-state index in [1.54, 1.807) is 0 Å². The fraction of sp³-hybridized carbons (Fsp3) is 0.593. The Balaban J connectivity index is 1.76. The minimum atomic E-state index is 0.273. The third-order valence-electron chi connectivity index (χ3n) is 7.70. The molecule has 2 aliphatic rings. The summed E-state index contributed by atoms with van der Waals surface area (Å²) in [6.07, 6.45) is 5.96. The molecule has 1 saturated heterocycles. The number of fused-ring (bicyclic) bond motifs is 1. The first kappa shape index (κ1) is 22.6. The molecule has 0 saturated carbocycles. The van der Waals surface area contributed by atoms with Gasteiger partial charge in [-0.25, -0.2) is 9.97 Å². The lowest BCUT2D eigenvalue weighted by atomic mass is 9.76. The number of rotatable bonds is 6. The van der Waals surface area contributed by atoms with Crippen LogP contribution >= 0.6 is 0 Å². The maximum Gasteiger partial charge on any atom is 0.136 e. The standard InChI is InChI=1S/C27H37N5/c1-6-17(5)19-10-11-22(29)21(15-28)26(19)18-8-9-20-23(14-18)30-25(7-2)31-27(20)32-13-12-24(32)16(3)4/h10-11,16-18,24H,6-9,12-14,29H2,1-5H3. The van der Waals surface area contributed by atoms with E-state index in [0.717, 1.165) is 50.0 Å². The lowest BCUT2D eigenvalue weighted by molar-refractivity contribution is 0.347. The van der Waals surface area contributed by atoms with E-state index in [0.29, 0.717) is 29.1 Å². The second kappa shape index (κ2) is 9.10. The number of anilines is 2. The monoisotopic (exact) mass is 431 g/mol. The Morgan fingerprint density at radius 2 is 1.97 bits per heavy atom. The SMILES string of the molecule is CCc1nc2c(c(N3CCC3C(C)C)n1)CCC(c1c(C(C)CC)ccc(N)c1C#N)C2.